The van der Waals surface area contributed by atoms with Crippen molar-refractivity contribution < 1.29 is 50.5 Å². The first-order valence-electron chi connectivity index (χ1n) is 5.17. The smallest absolute Gasteiger partial charge is 0.457 e. The third kappa shape index (κ3) is 2.68. The lowest BCUT2D eigenvalue weighted by Gasteiger charge is -2.29. The Balaban J connectivity index is 2.94. The summed E-state index contributed by atoms with van der Waals surface area (Å²) in [5, 5.41) is 17.9. The first kappa shape index (κ1) is 17.0. The minimum atomic E-state index is -6.51. The molecule has 0 aromatic heterocycles. The van der Waals surface area contributed by atoms with Gasteiger partial charge >= 0.3 is 24.0 Å². The third-order valence-electron chi connectivity index (χ3n) is 2.84. The van der Waals surface area contributed by atoms with Gasteiger partial charge in [-0.25, -0.2) is 0 Å². The van der Waals surface area contributed by atoms with Gasteiger partial charge in [0, 0.05) is 6.42 Å². The van der Waals surface area contributed by atoms with Crippen LogP contribution in [0.15, 0.2) is 0 Å². The Morgan fingerprint density at radius 2 is 1.60 bits per heavy atom. The zero-order valence-electron chi connectivity index (χ0n) is 9.50. The monoisotopic (exact) mass is 314 g/mol. The van der Waals surface area contributed by atoms with E-state index in [0.717, 1.165) is 0 Å². The van der Waals surface area contributed by atoms with Gasteiger partial charge in [-0.15, -0.1) is 0 Å². The molecule has 0 spiro atoms. The molecule has 0 radical (unpaired) electrons. The number of esters is 1. The number of carbonyl (C=O) groups is 1. The molecule has 0 amide bonds. The largest absolute Gasteiger partial charge is 0.459 e. The SMILES string of the molecule is O=C1O[C@H](CO)[C@@H](O)[C@@H]1CC(F)(F)C(F)(F)C(F)(F)F. The number of hydrogen-bond donors (Lipinski definition) is 2. The Labute approximate surface area is 107 Å². The van der Waals surface area contributed by atoms with Gasteiger partial charge in [-0.1, -0.05) is 0 Å². The van der Waals surface area contributed by atoms with Crippen LogP contribution < -0.4 is 0 Å². The Kier molecular flexibility index (Phi) is 4.26. The third-order valence-corrected chi connectivity index (χ3v) is 2.84. The number of cyclic esters (lactones) is 1. The molecule has 1 fully saturated rings. The maximum atomic E-state index is 13.1. The quantitative estimate of drug-likeness (QED) is 0.602. The molecule has 1 heterocycles. The van der Waals surface area contributed by atoms with E-state index in [1.807, 2.05) is 0 Å². The summed E-state index contributed by atoms with van der Waals surface area (Å²) in [5.41, 5.74) is 0. The number of halogens is 7. The van der Waals surface area contributed by atoms with Crippen LogP contribution in [0.1, 0.15) is 6.42 Å². The summed E-state index contributed by atoms with van der Waals surface area (Å²) in [6, 6.07) is 0. The zero-order chi connectivity index (χ0) is 15.9. The van der Waals surface area contributed by atoms with Crippen molar-refractivity contribution in [3.8, 4) is 0 Å². The fourth-order valence-electron chi connectivity index (χ4n) is 1.67. The van der Waals surface area contributed by atoms with E-state index in [2.05, 4.69) is 4.74 Å². The summed E-state index contributed by atoms with van der Waals surface area (Å²) >= 11 is 0. The minimum absolute atomic E-state index is 0.982. The summed E-state index contributed by atoms with van der Waals surface area (Å²) in [4.78, 5) is 11.1. The molecule has 0 saturated carbocycles. The lowest BCUT2D eigenvalue weighted by molar-refractivity contribution is -0.357. The van der Waals surface area contributed by atoms with E-state index in [1.165, 1.54) is 0 Å². The molecule has 0 aliphatic carbocycles. The van der Waals surface area contributed by atoms with Gasteiger partial charge in [0.25, 0.3) is 0 Å². The van der Waals surface area contributed by atoms with Gasteiger partial charge in [0.2, 0.25) is 0 Å². The average molecular weight is 314 g/mol. The van der Waals surface area contributed by atoms with Gasteiger partial charge in [-0.2, -0.15) is 30.7 Å². The molecule has 1 aliphatic rings. The lowest BCUT2D eigenvalue weighted by Crippen LogP contribution is -2.53. The molecule has 2 N–H and O–H groups in total. The Morgan fingerprint density at radius 3 is 1.95 bits per heavy atom. The van der Waals surface area contributed by atoms with Crippen molar-refractivity contribution in [3.63, 3.8) is 0 Å². The summed E-state index contributed by atoms with van der Waals surface area (Å²) in [6.07, 6.45) is -12.5. The summed E-state index contributed by atoms with van der Waals surface area (Å²) in [6.45, 7) is -0.982. The van der Waals surface area contributed by atoms with Crippen LogP contribution in [0.4, 0.5) is 30.7 Å². The molecule has 1 aliphatic heterocycles. The van der Waals surface area contributed by atoms with Crippen molar-refractivity contribution in [1.82, 2.24) is 0 Å². The van der Waals surface area contributed by atoms with Gasteiger partial charge < -0.3 is 14.9 Å². The molecular weight excluding hydrogens is 305 g/mol. The van der Waals surface area contributed by atoms with Crippen LogP contribution in [0.5, 0.6) is 0 Å². The van der Waals surface area contributed by atoms with Crippen LogP contribution >= 0.6 is 0 Å². The van der Waals surface area contributed by atoms with Crippen molar-refractivity contribution >= 4 is 5.97 Å². The van der Waals surface area contributed by atoms with Crippen LogP contribution in [0.2, 0.25) is 0 Å². The molecule has 118 valence electrons. The number of aliphatic hydroxyl groups is 2. The van der Waals surface area contributed by atoms with Gasteiger partial charge in [-0.3, -0.25) is 4.79 Å². The molecule has 0 unspecified atom stereocenters. The average Bonchev–Trinajstić information content (AvgIpc) is 2.54. The molecule has 1 saturated heterocycles. The summed E-state index contributed by atoms with van der Waals surface area (Å²) < 4.78 is 91.3. The minimum Gasteiger partial charge on any atom is -0.457 e. The fraction of sp³-hybridized carbons (Fsp3) is 0.889. The van der Waals surface area contributed by atoms with Crippen molar-refractivity contribution in [1.29, 1.82) is 0 Å². The van der Waals surface area contributed by atoms with Crippen LogP contribution in [-0.2, 0) is 9.53 Å². The second kappa shape index (κ2) is 5.02. The molecule has 4 nitrogen and oxygen atoms in total. The van der Waals surface area contributed by atoms with Crippen LogP contribution in [-0.4, -0.2) is 53.0 Å². The molecule has 20 heavy (non-hydrogen) atoms. The number of hydrogen-bond acceptors (Lipinski definition) is 4. The van der Waals surface area contributed by atoms with E-state index in [9.17, 15) is 40.6 Å². The van der Waals surface area contributed by atoms with E-state index < -0.39 is 55.1 Å². The van der Waals surface area contributed by atoms with E-state index in [0.29, 0.717) is 0 Å². The first-order valence-corrected chi connectivity index (χ1v) is 5.17. The standard InChI is InChI=1S/C9H9F7O4/c10-7(11,8(12,13)9(14,15)16)1-3-5(18)4(2-17)20-6(3)19/h3-5,17-18H,1-2H2/t3-,4+,5-/m0/s1. The van der Waals surface area contributed by atoms with E-state index in [1.54, 1.807) is 0 Å². The second-order valence-electron chi connectivity index (χ2n) is 4.24. The van der Waals surface area contributed by atoms with Crippen LogP contribution in [0.3, 0.4) is 0 Å². The number of aliphatic hydroxyl groups excluding tert-OH is 2. The zero-order valence-corrected chi connectivity index (χ0v) is 9.50. The highest BCUT2D eigenvalue weighted by Gasteiger charge is 2.73. The molecule has 3 atom stereocenters. The maximum absolute atomic E-state index is 13.1. The van der Waals surface area contributed by atoms with Crippen molar-refractivity contribution in [3.05, 3.63) is 0 Å². The fourth-order valence-corrected chi connectivity index (χ4v) is 1.67. The van der Waals surface area contributed by atoms with E-state index in [4.69, 9.17) is 5.11 Å². The Hall–Kier alpha value is -1.10. The number of alkyl halides is 7. The van der Waals surface area contributed by atoms with Gasteiger partial charge in [0.15, 0.2) is 6.10 Å². The predicted molar refractivity (Wildman–Crippen MR) is 47.0 cm³/mol. The first-order chi connectivity index (χ1) is 8.85. The Bertz CT molecular complexity index is 381. The number of carbonyl (C=O) groups excluding carboxylic acids is 1. The van der Waals surface area contributed by atoms with Gasteiger partial charge in [0.05, 0.1) is 12.5 Å². The maximum Gasteiger partial charge on any atom is 0.459 e. The van der Waals surface area contributed by atoms with Crippen molar-refractivity contribution in [2.24, 2.45) is 5.92 Å². The summed E-state index contributed by atoms with van der Waals surface area (Å²) in [5.74, 6) is -15.8. The van der Waals surface area contributed by atoms with E-state index >= 15 is 0 Å². The molecular formula is C9H9F7O4. The normalized spacial score (nSPS) is 28.6. The van der Waals surface area contributed by atoms with E-state index in [-0.39, 0.29) is 0 Å². The van der Waals surface area contributed by atoms with Crippen LogP contribution in [0.25, 0.3) is 0 Å². The van der Waals surface area contributed by atoms with Crippen molar-refractivity contribution in [2.75, 3.05) is 6.61 Å². The predicted octanol–water partition coefficient (Wildman–Crippen LogP) is 1.10. The Morgan fingerprint density at radius 1 is 1.10 bits per heavy atom. The molecule has 11 heteroatoms. The molecule has 1 rings (SSSR count). The second-order valence-corrected chi connectivity index (χ2v) is 4.24. The highest BCUT2D eigenvalue weighted by atomic mass is 19.4. The van der Waals surface area contributed by atoms with Gasteiger partial charge in [0.1, 0.15) is 6.10 Å². The molecule has 0 bridgehead atoms. The lowest BCUT2D eigenvalue weighted by atomic mass is 9.91. The van der Waals surface area contributed by atoms with Gasteiger partial charge in [-0.05, 0) is 0 Å². The topological polar surface area (TPSA) is 66.8 Å². The summed E-state index contributed by atoms with van der Waals surface area (Å²) in [7, 11) is 0. The number of ether oxygens (including phenoxy) is 1. The molecule has 0 aromatic rings. The molecule has 0 aromatic carbocycles. The van der Waals surface area contributed by atoms with Crippen molar-refractivity contribution in [2.45, 2.75) is 36.7 Å². The highest BCUT2D eigenvalue weighted by Crippen LogP contribution is 2.50. The number of rotatable bonds is 4. The van der Waals surface area contributed by atoms with Crippen LogP contribution in [0, 0.1) is 5.92 Å². The highest BCUT2D eigenvalue weighted by molar-refractivity contribution is 5.75.